The molecule has 1 aliphatic rings. The van der Waals surface area contributed by atoms with Crippen molar-refractivity contribution in [3.05, 3.63) is 0 Å². The Hall–Kier alpha value is -1.10. The fourth-order valence-corrected chi connectivity index (χ4v) is 5.22. The molecule has 0 aromatic carbocycles. The predicted octanol–water partition coefficient (Wildman–Crippen LogP) is 6.69. The normalized spacial score (nSPS) is 15.4. The Balaban J connectivity index is 2.14. The van der Waals surface area contributed by atoms with Gasteiger partial charge in [-0.25, -0.2) is 9.59 Å². The molecule has 1 heterocycles. The molecular formula is C28H52IN3O5. The number of urea groups is 1. The Bertz CT molecular complexity index is 637. The van der Waals surface area contributed by atoms with Gasteiger partial charge in [-0.05, 0) is 19.8 Å². The molecule has 0 bridgehead atoms. The summed E-state index contributed by atoms with van der Waals surface area (Å²) in [6.07, 6.45) is 17.7. The summed E-state index contributed by atoms with van der Waals surface area (Å²) in [6.45, 7) is 5.34. The number of hydrogen-bond donors (Lipinski definition) is 1. The van der Waals surface area contributed by atoms with Gasteiger partial charge in [0.1, 0.15) is 6.54 Å². The van der Waals surface area contributed by atoms with Gasteiger partial charge in [0.2, 0.25) is 5.91 Å². The lowest BCUT2D eigenvalue weighted by molar-refractivity contribution is -0.125. The number of alkyl halides is 1. The highest BCUT2D eigenvalue weighted by Crippen LogP contribution is 2.15. The number of ether oxygens (including phenoxy) is 2. The molecule has 216 valence electrons. The fourth-order valence-electron chi connectivity index (χ4n) is 4.64. The van der Waals surface area contributed by atoms with E-state index < -0.39 is 6.09 Å². The van der Waals surface area contributed by atoms with Gasteiger partial charge in [0, 0.05) is 24.6 Å². The number of unbranched alkanes of at least 4 members (excludes halogenated alkanes) is 12. The molecule has 0 aliphatic carbocycles. The van der Waals surface area contributed by atoms with Crippen molar-refractivity contribution in [1.29, 1.82) is 0 Å². The Morgan fingerprint density at radius 1 is 0.919 bits per heavy atom. The monoisotopic (exact) mass is 637 g/mol. The highest BCUT2D eigenvalue weighted by atomic mass is 127. The molecule has 1 fully saturated rings. The second kappa shape index (κ2) is 21.8. The van der Waals surface area contributed by atoms with Gasteiger partial charge < -0.3 is 19.7 Å². The van der Waals surface area contributed by atoms with Crippen LogP contribution in [0.4, 0.5) is 9.59 Å². The van der Waals surface area contributed by atoms with Crippen LogP contribution in [0.25, 0.3) is 0 Å². The van der Waals surface area contributed by atoms with Crippen LogP contribution in [0.5, 0.6) is 0 Å². The van der Waals surface area contributed by atoms with Crippen molar-refractivity contribution in [3.8, 4) is 0 Å². The zero-order chi connectivity index (χ0) is 27.3. The number of carbonyl (C=O) groups is 3. The molecule has 1 N–H and O–H groups in total. The summed E-state index contributed by atoms with van der Waals surface area (Å²) in [4.78, 5) is 39.4. The second-order valence-corrected chi connectivity index (χ2v) is 11.2. The van der Waals surface area contributed by atoms with Gasteiger partial charge in [0.15, 0.2) is 0 Å². The van der Waals surface area contributed by atoms with Gasteiger partial charge in [-0.1, -0.05) is 113 Å². The van der Waals surface area contributed by atoms with Crippen LogP contribution in [-0.2, 0) is 14.3 Å². The Kier molecular flexibility index (Phi) is 20.0. The fraction of sp³-hybridized carbons (Fsp3) is 0.893. The third-order valence-corrected chi connectivity index (χ3v) is 7.59. The van der Waals surface area contributed by atoms with Gasteiger partial charge in [0.05, 0.1) is 18.8 Å². The van der Waals surface area contributed by atoms with E-state index in [1.165, 1.54) is 75.5 Å². The van der Waals surface area contributed by atoms with Crippen LogP contribution < -0.4 is 5.32 Å². The summed E-state index contributed by atoms with van der Waals surface area (Å²) in [6, 6.07) is -0.355. The first-order valence-electron chi connectivity index (χ1n) is 14.6. The first-order valence-corrected chi connectivity index (χ1v) is 16.1. The third-order valence-electron chi connectivity index (χ3n) is 7.10. The van der Waals surface area contributed by atoms with Crippen LogP contribution in [-0.4, -0.2) is 77.8 Å². The van der Waals surface area contributed by atoms with Crippen molar-refractivity contribution in [3.63, 3.8) is 0 Å². The van der Waals surface area contributed by atoms with Gasteiger partial charge in [-0.15, -0.1) is 0 Å². The molecule has 0 aromatic rings. The van der Waals surface area contributed by atoms with E-state index >= 15 is 0 Å². The largest absolute Gasteiger partial charge is 0.449 e. The second-order valence-electron chi connectivity index (χ2n) is 10.2. The van der Waals surface area contributed by atoms with E-state index in [9.17, 15) is 14.4 Å². The standard InChI is InChI=1S/C28H52IN3O5/c1-4-5-6-7-8-9-10-11-12-13-14-15-16-18-25(24(2)36-3)30-27(34)37-22-17-20-32-26(33)23-31(21-19-29)28(32)35/h24-25H,4-23H2,1-3H3,(H,30,34). The van der Waals surface area contributed by atoms with E-state index in [-0.39, 0.29) is 43.8 Å². The van der Waals surface area contributed by atoms with Crippen LogP contribution in [0.1, 0.15) is 110 Å². The Morgan fingerprint density at radius 2 is 1.49 bits per heavy atom. The molecule has 1 rings (SSSR count). The lowest BCUT2D eigenvalue weighted by Gasteiger charge is -2.24. The maximum atomic E-state index is 12.3. The number of alkyl carbamates (subject to hydrolysis) is 1. The molecule has 0 radical (unpaired) electrons. The number of nitrogens with zero attached hydrogens (tertiary/aromatic N) is 2. The minimum atomic E-state index is -0.478. The predicted molar refractivity (Wildman–Crippen MR) is 157 cm³/mol. The molecule has 0 spiro atoms. The topological polar surface area (TPSA) is 88.2 Å². The first-order chi connectivity index (χ1) is 17.9. The average molecular weight is 638 g/mol. The molecule has 1 aliphatic heterocycles. The molecule has 4 amide bonds. The Morgan fingerprint density at radius 3 is 2.03 bits per heavy atom. The minimum Gasteiger partial charge on any atom is -0.449 e. The summed E-state index contributed by atoms with van der Waals surface area (Å²) in [5, 5.41) is 2.94. The number of nitrogens with one attached hydrogen (secondary N) is 1. The number of rotatable bonds is 23. The van der Waals surface area contributed by atoms with Gasteiger partial charge in [-0.3, -0.25) is 9.69 Å². The van der Waals surface area contributed by atoms with Crippen molar-refractivity contribution in [2.45, 2.75) is 122 Å². The zero-order valence-corrected chi connectivity index (χ0v) is 25.8. The highest BCUT2D eigenvalue weighted by molar-refractivity contribution is 14.1. The molecule has 0 saturated carbocycles. The molecule has 37 heavy (non-hydrogen) atoms. The number of hydrogen-bond acceptors (Lipinski definition) is 5. The summed E-state index contributed by atoms with van der Waals surface area (Å²) in [5.74, 6) is -0.189. The quantitative estimate of drug-likeness (QED) is 0.0584. The van der Waals surface area contributed by atoms with Crippen LogP contribution in [0.2, 0.25) is 0 Å². The molecule has 1 saturated heterocycles. The maximum absolute atomic E-state index is 12.3. The summed E-state index contributed by atoms with van der Waals surface area (Å²) in [5.41, 5.74) is 0. The minimum absolute atomic E-state index is 0.103. The van der Waals surface area contributed by atoms with E-state index in [4.69, 9.17) is 9.47 Å². The molecule has 0 aromatic heterocycles. The van der Waals surface area contributed by atoms with Crippen molar-refractivity contribution in [2.24, 2.45) is 0 Å². The van der Waals surface area contributed by atoms with E-state index in [0.717, 1.165) is 23.7 Å². The van der Waals surface area contributed by atoms with Crippen LogP contribution in [0.3, 0.4) is 0 Å². The summed E-state index contributed by atoms with van der Waals surface area (Å²) in [7, 11) is 1.65. The number of methoxy groups -OCH3 is 1. The smallest absolute Gasteiger partial charge is 0.407 e. The SMILES string of the molecule is CCCCCCCCCCCCCCCC(NC(=O)OCCCN1C(=O)CN(CCI)C1=O)C(C)OC. The van der Waals surface area contributed by atoms with E-state index in [0.29, 0.717) is 13.0 Å². The maximum Gasteiger partial charge on any atom is 0.407 e. The van der Waals surface area contributed by atoms with E-state index in [2.05, 4.69) is 34.8 Å². The number of halogens is 1. The van der Waals surface area contributed by atoms with Gasteiger partial charge in [0.25, 0.3) is 0 Å². The molecule has 9 heteroatoms. The van der Waals surface area contributed by atoms with E-state index in [1.807, 2.05) is 6.92 Å². The molecule has 8 nitrogen and oxygen atoms in total. The van der Waals surface area contributed by atoms with Crippen molar-refractivity contribution in [2.75, 3.05) is 37.8 Å². The number of carbonyl (C=O) groups excluding carboxylic acids is 3. The van der Waals surface area contributed by atoms with Crippen molar-refractivity contribution in [1.82, 2.24) is 15.1 Å². The third kappa shape index (κ3) is 15.2. The molecule has 2 atom stereocenters. The number of imide groups is 1. The lowest BCUT2D eigenvalue weighted by atomic mass is 10.0. The summed E-state index contributed by atoms with van der Waals surface area (Å²) >= 11 is 2.19. The lowest BCUT2D eigenvalue weighted by Crippen LogP contribution is -2.43. The van der Waals surface area contributed by atoms with Crippen molar-refractivity contribution >= 4 is 40.6 Å². The van der Waals surface area contributed by atoms with Gasteiger partial charge in [-0.2, -0.15) is 0 Å². The van der Waals surface area contributed by atoms with Gasteiger partial charge >= 0.3 is 12.1 Å². The van der Waals surface area contributed by atoms with Crippen LogP contribution in [0.15, 0.2) is 0 Å². The Labute approximate surface area is 239 Å². The first kappa shape index (κ1) is 33.9. The van der Waals surface area contributed by atoms with Crippen LogP contribution >= 0.6 is 22.6 Å². The zero-order valence-electron chi connectivity index (χ0n) is 23.6. The van der Waals surface area contributed by atoms with E-state index in [1.54, 1.807) is 12.0 Å². The highest BCUT2D eigenvalue weighted by Gasteiger charge is 2.34. The van der Waals surface area contributed by atoms with Crippen molar-refractivity contribution < 1.29 is 23.9 Å². The average Bonchev–Trinajstić information content (AvgIpc) is 3.15. The molecule has 2 unspecified atom stereocenters. The summed E-state index contributed by atoms with van der Waals surface area (Å²) < 4.78 is 11.6. The number of amides is 4. The molecular weight excluding hydrogens is 585 g/mol. The van der Waals surface area contributed by atoms with Crippen LogP contribution in [0, 0.1) is 0 Å².